The van der Waals surface area contributed by atoms with Crippen LogP contribution in [0.3, 0.4) is 0 Å². The third kappa shape index (κ3) is 3.13. The van der Waals surface area contributed by atoms with Crippen molar-refractivity contribution in [2.24, 2.45) is 5.73 Å². The Labute approximate surface area is 152 Å². The minimum atomic E-state index is 0.277. The Balaban J connectivity index is 1.62. The molecular weight excluding hydrogens is 324 g/mol. The third-order valence-electron chi connectivity index (χ3n) is 4.98. The van der Waals surface area contributed by atoms with Crippen LogP contribution < -0.4 is 10.6 Å². The Hall–Kier alpha value is -2.36. The molecule has 3 aromatic carbocycles. The van der Waals surface area contributed by atoms with Crippen molar-refractivity contribution in [2.45, 2.75) is 12.5 Å². The van der Waals surface area contributed by atoms with Gasteiger partial charge in [-0.1, -0.05) is 48.5 Å². The summed E-state index contributed by atoms with van der Waals surface area (Å²) < 4.78 is 1.35. The molecule has 1 heterocycles. The lowest BCUT2D eigenvalue weighted by atomic mass is 10.0. The number of hydrogen-bond donors (Lipinski definition) is 1. The van der Waals surface area contributed by atoms with Crippen LogP contribution in [0.25, 0.3) is 20.9 Å². The maximum Gasteiger partial charge on any atom is 0.0449 e. The van der Waals surface area contributed by atoms with Gasteiger partial charge < -0.3 is 10.6 Å². The van der Waals surface area contributed by atoms with Crippen LogP contribution in [-0.2, 0) is 6.42 Å². The molecule has 25 heavy (non-hydrogen) atoms. The lowest BCUT2D eigenvalue weighted by molar-refractivity contribution is 0.637. The molecule has 1 aromatic heterocycles. The fourth-order valence-corrected chi connectivity index (χ4v) is 4.41. The van der Waals surface area contributed by atoms with E-state index in [2.05, 4.69) is 84.1 Å². The summed E-state index contributed by atoms with van der Waals surface area (Å²) in [5.74, 6) is 0. The molecule has 0 amide bonds. The van der Waals surface area contributed by atoms with Gasteiger partial charge >= 0.3 is 0 Å². The zero-order valence-corrected chi connectivity index (χ0v) is 15.2. The van der Waals surface area contributed by atoms with Crippen LogP contribution in [0.15, 0.2) is 72.1 Å². The van der Waals surface area contributed by atoms with Gasteiger partial charge in [0.1, 0.15) is 0 Å². The van der Waals surface area contributed by atoms with E-state index in [4.69, 9.17) is 5.73 Å². The molecule has 0 saturated carbocycles. The number of likely N-dealkylation sites (N-methyl/N-ethyl adjacent to an activating group) is 1. The van der Waals surface area contributed by atoms with Crippen LogP contribution in [0.5, 0.6) is 0 Å². The second kappa shape index (κ2) is 6.87. The second-order valence-corrected chi connectivity index (χ2v) is 7.40. The summed E-state index contributed by atoms with van der Waals surface area (Å²) in [6.45, 7) is 0.632. The van der Waals surface area contributed by atoms with E-state index in [9.17, 15) is 0 Å². The van der Waals surface area contributed by atoms with Crippen LogP contribution in [0, 0.1) is 0 Å². The van der Waals surface area contributed by atoms with Gasteiger partial charge in [0.2, 0.25) is 0 Å². The van der Waals surface area contributed by atoms with Gasteiger partial charge in [0.25, 0.3) is 0 Å². The Morgan fingerprint density at radius 3 is 2.56 bits per heavy atom. The van der Waals surface area contributed by atoms with E-state index in [0.29, 0.717) is 6.54 Å². The average Bonchev–Trinajstić information content (AvgIpc) is 3.08. The number of rotatable bonds is 5. The van der Waals surface area contributed by atoms with Gasteiger partial charge in [-0.05, 0) is 51.7 Å². The summed E-state index contributed by atoms with van der Waals surface area (Å²) in [4.78, 5) is 2.32. The maximum absolute atomic E-state index is 6.15. The van der Waals surface area contributed by atoms with E-state index in [1.165, 1.54) is 32.1 Å². The Morgan fingerprint density at radius 2 is 1.72 bits per heavy atom. The number of benzene rings is 3. The Kier molecular flexibility index (Phi) is 4.43. The highest BCUT2D eigenvalue weighted by Gasteiger charge is 2.17. The molecule has 0 aliphatic carbocycles. The van der Waals surface area contributed by atoms with Gasteiger partial charge in [-0.3, -0.25) is 0 Å². The van der Waals surface area contributed by atoms with Gasteiger partial charge in [-0.15, -0.1) is 11.3 Å². The first kappa shape index (κ1) is 16.1. The molecule has 0 spiro atoms. The van der Waals surface area contributed by atoms with Crippen molar-refractivity contribution in [3.8, 4) is 0 Å². The van der Waals surface area contributed by atoms with Crippen LogP contribution in [0.1, 0.15) is 5.56 Å². The van der Waals surface area contributed by atoms with Crippen molar-refractivity contribution < 1.29 is 0 Å². The fourth-order valence-electron chi connectivity index (χ4n) is 3.43. The molecule has 2 N–H and O–H groups in total. The predicted octanol–water partition coefficient (Wildman–Crippen LogP) is 5.06. The number of nitrogens with two attached hydrogens (primary N) is 1. The first-order valence-corrected chi connectivity index (χ1v) is 9.51. The summed E-state index contributed by atoms with van der Waals surface area (Å²) in [6.07, 6.45) is 0.962. The molecule has 0 saturated heterocycles. The smallest absolute Gasteiger partial charge is 0.0449 e. The summed E-state index contributed by atoms with van der Waals surface area (Å²) >= 11 is 1.82. The van der Waals surface area contributed by atoms with Crippen molar-refractivity contribution in [1.29, 1.82) is 0 Å². The van der Waals surface area contributed by atoms with Crippen molar-refractivity contribution >= 4 is 37.9 Å². The number of thiophene rings is 1. The largest absolute Gasteiger partial charge is 0.370 e. The highest BCUT2D eigenvalue weighted by atomic mass is 32.1. The van der Waals surface area contributed by atoms with E-state index in [0.717, 1.165) is 6.42 Å². The lowest BCUT2D eigenvalue weighted by Crippen LogP contribution is -2.39. The molecule has 0 aliphatic rings. The number of fused-ring (bicyclic) bond motifs is 2. The van der Waals surface area contributed by atoms with Crippen LogP contribution in [0.2, 0.25) is 0 Å². The minimum Gasteiger partial charge on any atom is -0.370 e. The van der Waals surface area contributed by atoms with Crippen molar-refractivity contribution in [3.63, 3.8) is 0 Å². The second-order valence-electron chi connectivity index (χ2n) is 6.49. The first-order chi connectivity index (χ1) is 12.3. The fraction of sp³-hybridized carbons (Fsp3) is 0.182. The zero-order chi connectivity index (χ0) is 17.2. The summed E-state index contributed by atoms with van der Waals surface area (Å²) in [7, 11) is 2.15. The molecule has 1 atom stereocenters. The van der Waals surface area contributed by atoms with E-state index >= 15 is 0 Å². The molecule has 0 bridgehead atoms. The number of nitrogens with zero attached hydrogens (tertiary/aromatic N) is 1. The molecule has 0 fully saturated rings. The normalized spacial score (nSPS) is 12.6. The van der Waals surface area contributed by atoms with E-state index in [1.54, 1.807) is 0 Å². The molecule has 4 rings (SSSR count). The first-order valence-electron chi connectivity index (χ1n) is 8.63. The van der Waals surface area contributed by atoms with E-state index in [1.807, 2.05) is 11.3 Å². The molecule has 1 unspecified atom stereocenters. The van der Waals surface area contributed by atoms with Gasteiger partial charge in [-0.25, -0.2) is 0 Å². The highest BCUT2D eigenvalue weighted by molar-refractivity contribution is 7.17. The summed E-state index contributed by atoms with van der Waals surface area (Å²) in [5, 5.41) is 6.18. The van der Waals surface area contributed by atoms with Crippen LogP contribution in [-0.4, -0.2) is 19.6 Å². The Bertz CT molecular complexity index is 1000. The van der Waals surface area contributed by atoms with Crippen molar-refractivity contribution in [2.75, 3.05) is 18.5 Å². The molecular formula is C22H22N2S. The third-order valence-corrected chi connectivity index (χ3v) is 5.99. The standard InChI is InChI=1S/C22H22N2S/c1-24(19-11-10-16-6-2-3-7-17(16)12-19)20(14-23)13-18-15-25-22-9-5-4-8-21(18)22/h2-12,15,20H,13-14,23H2,1H3. The monoisotopic (exact) mass is 346 g/mol. The zero-order valence-electron chi connectivity index (χ0n) is 14.4. The predicted molar refractivity (Wildman–Crippen MR) is 111 cm³/mol. The van der Waals surface area contributed by atoms with E-state index < -0.39 is 0 Å². The minimum absolute atomic E-state index is 0.277. The van der Waals surface area contributed by atoms with Gasteiger partial charge in [0, 0.05) is 30.0 Å². The van der Waals surface area contributed by atoms with Gasteiger partial charge in [-0.2, -0.15) is 0 Å². The summed E-state index contributed by atoms with van der Waals surface area (Å²) in [6, 6.07) is 24.0. The van der Waals surface area contributed by atoms with Crippen LogP contribution in [0.4, 0.5) is 5.69 Å². The molecule has 0 radical (unpaired) electrons. The SMILES string of the molecule is CN(c1ccc2ccccc2c1)C(CN)Cc1csc2ccccc12. The average molecular weight is 346 g/mol. The molecule has 2 nitrogen and oxygen atoms in total. The summed E-state index contributed by atoms with van der Waals surface area (Å²) in [5.41, 5.74) is 8.75. The van der Waals surface area contributed by atoms with Crippen LogP contribution >= 0.6 is 11.3 Å². The molecule has 4 aromatic rings. The maximum atomic E-state index is 6.15. The molecule has 126 valence electrons. The molecule has 3 heteroatoms. The quantitative estimate of drug-likeness (QED) is 0.547. The highest BCUT2D eigenvalue weighted by Crippen LogP contribution is 2.28. The lowest BCUT2D eigenvalue weighted by Gasteiger charge is -2.29. The van der Waals surface area contributed by atoms with Crippen molar-refractivity contribution in [1.82, 2.24) is 0 Å². The Morgan fingerprint density at radius 1 is 0.960 bits per heavy atom. The number of anilines is 1. The van der Waals surface area contributed by atoms with E-state index in [-0.39, 0.29) is 6.04 Å². The number of hydrogen-bond acceptors (Lipinski definition) is 3. The topological polar surface area (TPSA) is 29.3 Å². The van der Waals surface area contributed by atoms with Gasteiger partial charge in [0.15, 0.2) is 0 Å². The van der Waals surface area contributed by atoms with Gasteiger partial charge in [0.05, 0.1) is 0 Å². The molecule has 0 aliphatic heterocycles. The van der Waals surface area contributed by atoms with Crippen molar-refractivity contribution in [3.05, 3.63) is 77.7 Å².